The molecule has 1 unspecified atom stereocenters. The van der Waals surface area contributed by atoms with E-state index in [9.17, 15) is 28.4 Å². The molecule has 1 N–H and O–H groups in total. The third kappa shape index (κ3) is 27.1. The molecule has 5 aliphatic rings. The largest absolute Gasteiger partial charge is 0.385 e. The van der Waals surface area contributed by atoms with Crippen molar-refractivity contribution in [2.75, 3.05) is 114 Å². The van der Waals surface area contributed by atoms with E-state index in [4.69, 9.17) is 29.1 Å². The number of carbonyl (C=O) groups is 5. The van der Waals surface area contributed by atoms with Crippen molar-refractivity contribution in [3.05, 3.63) is 322 Å². The van der Waals surface area contributed by atoms with E-state index >= 15 is 0 Å². The minimum absolute atomic E-state index is 0.117. The Kier molecular flexibility index (Phi) is 35.7. The number of nitrogens with zero attached hydrogens (tertiary/aromatic N) is 19. The lowest BCUT2D eigenvalue weighted by atomic mass is 9.84. The van der Waals surface area contributed by atoms with Gasteiger partial charge in [0.2, 0.25) is 0 Å². The average molecular weight is 2010 g/mol. The maximum Gasteiger partial charge on any atom is 0.251 e. The van der Waals surface area contributed by atoms with E-state index in [0.29, 0.717) is 111 Å². The summed E-state index contributed by atoms with van der Waals surface area (Å²) in [5.74, 6) is 3.44. The fraction of sp³-hybridized carbons (Fsp3) is 0.412. The molecule has 5 fully saturated rings. The average Bonchev–Trinajstić information content (AvgIpc) is 1.63. The highest BCUT2D eigenvalue weighted by Crippen LogP contribution is 2.47. The number of ether oxygens (including phenoxy) is 4. The summed E-state index contributed by atoms with van der Waals surface area (Å²) in [4.78, 5) is 86.2. The first kappa shape index (κ1) is 106. The Labute approximate surface area is 873 Å². The van der Waals surface area contributed by atoms with Gasteiger partial charge in [0.1, 0.15) is 40.3 Å². The molecule has 0 radical (unpaired) electrons. The van der Waals surface area contributed by atoms with Crippen molar-refractivity contribution >= 4 is 34.7 Å². The van der Waals surface area contributed by atoms with Gasteiger partial charge >= 0.3 is 0 Å². The third-order valence-electron chi connectivity index (χ3n) is 30.3. The third-order valence-corrected chi connectivity index (χ3v) is 30.3. The first-order valence-corrected chi connectivity index (χ1v) is 52.3. The van der Waals surface area contributed by atoms with Gasteiger partial charge in [-0.1, -0.05) is 97.1 Å². The van der Waals surface area contributed by atoms with Gasteiger partial charge in [0.15, 0.2) is 0 Å². The maximum absolute atomic E-state index is 13.9. The number of likely N-dealkylation sites (tertiary alicyclic amines) is 3. The van der Waals surface area contributed by atoms with Gasteiger partial charge in [0, 0.05) is 273 Å². The minimum atomic E-state index is -0.195. The second-order valence-electron chi connectivity index (χ2n) is 41.1. The van der Waals surface area contributed by atoms with E-state index in [1.54, 1.807) is 78.4 Å². The number of aromatic nitrogens is 16. The lowest BCUT2D eigenvalue weighted by Crippen LogP contribution is -2.26. The number of pyridine rings is 3. The number of halogens is 1. The Morgan fingerprint density at radius 2 is 0.913 bits per heavy atom. The molecule has 29 nitrogen and oxygen atoms in total. The summed E-state index contributed by atoms with van der Waals surface area (Å²) in [5, 5.41) is 30.5. The van der Waals surface area contributed by atoms with Crippen LogP contribution in [-0.4, -0.2) is 242 Å². The Balaban J connectivity index is 0.000000136. The lowest BCUT2D eigenvalue weighted by molar-refractivity contribution is -0.120. The molecule has 9 atom stereocenters. The molecule has 149 heavy (non-hydrogen) atoms. The highest BCUT2D eigenvalue weighted by Gasteiger charge is 2.41. The number of fused-ring (bicyclic) bond motifs is 1. The van der Waals surface area contributed by atoms with Crippen LogP contribution in [0.15, 0.2) is 238 Å². The van der Waals surface area contributed by atoms with E-state index < -0.39 is 0 Å². The van der Waals surface area contributed by atoms with Crippen molar-refractivity contribution in [3.8, 4) is 56.5 Å². The van der Waals surface area contributed by atoms with E-state index in [-0.39, 0.29) is 58.5 Å². The quantitative estimate of drug-likeness (QED) is 0.0373. The van der Waals surface area contributed by atoms with E-state index in [1.165, 1.54) is 29.5 Å². The molecule has 10 aromatic heterocycles. The van der Waals surface area contributed by atoms with Gasteiger partial charge in [0.25, 0.3) is 5.91 Å². The molecule has 2 aliphatic carbocycles. The Morgan fingerprint density at radius 3 is 1.39 bits per heavy atom. The number of benzene rings is 5. The van der Waals surface area contributed by atoms with Crippen molar-refractivity contribution < 1.29 is 47.3 Å². The zero-order chi connectivity index (χ0) is 104. The van der Waals surface area contributed by atoms with Crippen LogP contribution in [0.25, 0.3) is 62.2 Å². The number of aryl methyl sites for hydroxylation is 7. The number of rotatable bonds is 40. The summed E-state index contributed by atoms with van der Waals surface area (Å²) in [5.41, 5.74) is 23.9. The molecule has 5 aromatic carbocycles. The van der Waals surface area contributed by atoms with Crippen LogP contribution in [0.2, 0.25) is 0 Å². The van der Waals surface area contributed by atoms with Gasteiger partial charge in [0.05, 0.1) is 83.9 Å². The first-order valence-electron chi connectivity index (χ1n) is 52.3. The number of amides is 1. The zero-order valence-corrected chi connectivity index (χ0v) is 88.2. The summed E-state index contributed by atoms with van der Waals surface area (Å²) in [6.07, 6.45) is 24.6. The number of methoxy groups -OCH3 is 3. The van der Waals surface area contributed by atoms with Crippen LogP contribution in [-0.2, 0) is 92.0 Å². The number of imidazole rings is 1. The van der Waals surface area contributed by atoms with E-state index in [1.807, 2.05) is 221 Å². The van der Waals surface area contributed by atoms with Gasteiger partial charge in [-0.05, 0) is 232 Å². The summed E-state index contributed by atoms with van der Waals surface area (Å²) < 4.78 is 48.8. The molecule has 30 heteroatoms. The molecule has 1 amide bonds. The van der Waals surface area contributed by atoms with Crippen molar-refractivity contribution in [2.24, 2.45) is 57.8 Å². The van der Waals surface area contributed by atoms with Crippen molar-refractivity contribution in [2.45, 2.75) is 148 Å². The molecular formula is C119H141FN20O9. The number of carbonyl (C=O) groups excluding carboxylic acids is 5. The predicted octanol–water partition coefficient (Wildman–Crippen LogP) is 17.7. The molecule has 3 aliphatic heterocycles. The topological polar surface area (TPSA) is 294 Å². The molecule has 3 saturated heterocycles. The van der Waals surface area contributed by atoms with Crippen LogP contribution < -0.4 is 5.32 Å². The first-order chi connectivity index (χ1) is 72.3. The molecule has 20 rings (SSSR count). The number of hydrogen-bond donors (Lipinski definition) is 1. The summed E-state index contributed by atoms with van der Waals surface area (Å²) in [6, 6.07) is 61.9. The Bertz CT molecular complexity index is 7040. The highest BCUT2D eigenvalue weighted by molar-refractivity contribution is 5.94. The van der Waals surface area contributed by atoms with E-state index in [0.717, 1.165) is 204 Å². The maximum atomic E-state index is 13.9. The van der Waals surface area contributed by atoms with Crippen LogP contribution in [0.4, 0.5) is 4.39 Å². The van der Waals surface area contributed by atoms with Crippen LogP contribution in [0.1, 0.15) is 165 Å². The number of ketones is 4. The molecule has 0 bridgehead atoms. The molecule has 13 heterocycles. The van der Waals surface area contributed by atoms with E-state index in [2.05, 4.69) is 118 Å². The van der Waals surface area contributed by atoms with Crippen molar-refractivity contribution in [1.29, 1.82) is 0 Å². The Morgan fingerprint density at radius 1 is 0.436 bits per heavy atom. The van der Waals surface area contributed by atoms with Gasteiger partial charge in [-0.2, -0.15) is 30.6 Å². The van der Waals surface area contributed by atoms with Crippen LogP contribution in [0, 0.1) is 70.0 Å². The van der Waals surface area contributed by atoms with Crippen molar-refractivity contribution in [3.63, 3.8) is 0 Å². The van der Waals surface area contributed by atoms with Crippen molar-refractivity contribution in [1.82, 2.24) is 98.1 Å². The molecule has 2 saturated carbocycles. The number of para-hydroxylation sites is 2. The normalized spacial score (nSPS) is 18.8. The smallest absolute Gasteiger partial charge is 0.251 e. The fourth-order valence-corrected chi connectivity index (χ4v) is 22.4. The highest BCUT2D eigenvalue weighted by atomic mass is 19.1. The summed E-state index contributed by atoms with van der Waals surface area (Å²) in [6.45, 7) is 20.8. The molecular weight excluding hydrogens is 1870 g/mol. The van der Waals surface area contributed by atoms with Crippen LogP contribution in [0.5, 0.6) is 0 Å². The monoisotopic (exact) mass is 2010 g/mol. The van der Waals surface area contributed by atoms with Gasteiger partial charge in [-0.15, -0.1) is 0 Å². The molecule has 0 spiro atoms. The van der Waals surface area contributed by atoms with Crippen LogP contribution >= 0.6 is 0 Å². The number of hydrogen-bond acceptors (Lipinski definition) is 21. The van der Waals surface area contributed by atoms with Gasteiger partial charge in [-0.25, -0.2) is 18.7 Å². The molecule has 778 valence electrons. The summed E-state index contributed by atoms with van der Waals surface area (Å²) in [7, 11) is 14.4. The second kappa shape index (κ2) is 50.0. The lowest BCUT2D eigenvalue weighted by Gasteiger charge is -2.19. The SMILES string of the molecule is CNC(=O)c1ccc(-c2cc(CC(=O)C[C@@H]3CC(CCOC)C[C@H]3c3ccccc3)n(C)n2)cc1.COCCN1C[C@@H](CC(=O)Cc2c(C)c(-c3cnn(C)c3)nn2-c2ccccc2)[C@H](c2ccnc(C)c2)C1.COCCN1C[C@@H](CC(=O)Cc2cc(-c3cccc4nccn34)nn2C)[C@H](c2ccc(F)c(C)c2)C1.Cc1cc([C@@H]2CN(CCOC3CC3)C[C@H]2CC(=O)Cc2c(C)c(-c3cnn(C)c3)nn2-c2ccccc2)ccn1. The second-order valence-corrected chi connectivity index (χ2v) is 41.1. The number of Topliss-reactive ketones (excluding diaryl/α,β-unsaturated/α-hetero) is 4. The number of nitrogens with one attached hydrogen (secondary N) is 1. The van der Waals surface area contributed by atoms with Gasteiger partial charge in [-0.3, -0.25) is 57.1 Å². The van der Waals surface area contributed by atoms with Gasteiger partial charge < -0.3 is 39.0 Å². The zero-order valence-electron chi connectivity index (χ0n) is 88.2. The van der Waals surface area contributed by atoms with Crippen LogP contribution in [0.3, 0.4) is 0 Å². The minimum Gasteiger partial charge on any atom is -0.385 e. The predicted molar refractivity (Wildman–Crippen MR) is 575 cm³/mol. The fourth-order valence-electron chi connectivity index (χ4n) is 22.4. The Hall–Kier alpha value is -13.9. The standard InChI is InChI=1S/C32H38N6O2.C30H36N6O2.C29H35N3O3.C28H32FN5O2/c1-22-15-24(11-12-33-22)30-21-37(13-14-40-29-9-10-29)20-25(30)16-28(39)17-31-23(2)32(26-18-34-36(3)19-26)35-38(31)27-7-5-4-6-8-27;1-21-14-23(10-11-31-21)28-20-35(12-13-38-4)19-24(28)15-27(37)16-29-22(2)30(25-17-32-34(3)18-25)33-36(29)26-8-6-5-7-9-26;1-30-29(34)23-11-9-22(10-12-23)28-19-25(32(2)31-28)18-26(33)17-24-15-20(13-14-35-3)16-27(24)21-7-5-4-6-8-21;1-19-13-20(7-8-25(19)29)24-18-33(11-12-36-3)17-21(24)14-23(35)15-22-16-26(31-32(22)2)27-5-4-6-28-30-9-10-34(27)28/h4-8,11-12,15,18-19,25,29-30H,9-10,13-14,16-17,20-21H2,1-3H3;5-11,14,17-18,24,28H,12-13,15-16,19-20H2,1-4H3;4-12,19-20,24,27H,13-18H2,1-3H3,(H,30,34);4-10,13,16,21,24H,11-12,14-15,17-18H2,1-3H3/t25-,30+;24-,28+;20?,24-,27-;21-,24+/m1101/s1. The molecule has 15 aromatic rings. The summed E-state index contributed by atoms with van der Waals surface area (Å²) >= 11 is 0.